The molecule has 0 bridgehead atoms. The summed E-state index contributed by atoms with van der Waals surface area (Å²) >= 11 is 1.42. The number of alkyl halides is 3. The first-order chi connectivity index (χ1) is 13.3. The summed E-state index contributed by atoms with van der Waals surface area (Å²) in [5.41, 5.74) is -0.403. The molecule has 0 aliphatic carbocycles. The average Bonchev–Trinajstić information content (AvgIpc) is 3.20. The van der Waals surface area contributed by atoms with Gasteiger partial charge in [0.1, 0.15) is 0 Å². The fourth-order valence-corrected chi connectivity index (χ4v) is 4.03. The number of hydrogen-bond donors (Lipinski definition) is 1. The minimum Gasteiger partial charge on any atom is -0.338 e. The van der Waals surface area contributed by atoms with Crippen LogP contribution in [0.4, 0.5) is 18.9 Å². The second-order valence-electron chi connectivity index (χ2n) is 6.90. The highest BCUT2D eigenvalue weighted by molar-refractivity contribution is 7.12. The van der Waals surface area contributed by atoms with Crippen LogP contribution in [0.5, 0.6) is 0 Å². The zero-order valence-electron chi connectivity index (χ0n) is 15.2. The van der Waals surface area contributed by atoms with Crippen molar-refractivity contribution in [2.24, 2.45) is 5.92 Å². The van der Waals surface area contributed by atoms with E-state index in [-0.39, 0.29) is 24.2 Å². The lowest BCUT2D eigenvalue weighted by Crippen LogP contribution is -2.39. The maximum absolute atomic E-state index is 12.6. The quantitative estimate of drug-likeness (QED) is 0.751. The number of benzene rings is 1. The first-order valence-corrected chi connectivity index (χ1v) is 10.0. The molecule has 150 valence electrons. The molecule has 1 aliphatic rings. The second-order valence-corrected chi connectivity index (χ2v) is 7.85. The number of hydrogen-bond acceptors (Lipinski definition) is 3. The van der Waals surface area contributed by atoms with Crippen molar-refractivity contribution in [3.8, 4) is 0 Å². The molecule has 2 aromatic rings. The number of anilines is 1. The molecule has 1 fully saturated rings. The highest BCUT2D eigenvalue weighted by atomic mass is 32.1. The Morgan fingerprint density at radius 1 is 1.18 bits per heavy atom. The van der Waals surface area contributed by atoms with Gasteiger partial charge in [-0.05, 0) is 60.9 Å². The van der Waals surface area contributed by atoms with Gasteiger partial charge in [0.25, 0.3) is 5.91 Å². The smallest absolute Gasteiger partial charge is 0.338 e. The number of halogens is 3. The number of nitrogens with zero attached hydrogens (tertiary/aromatic N) is 1. The van der Waals surface area contributed by atoms with Gasteiger partial charge in [-0.1, -0.05) is 6.07 Å². The Labute approximate surface area is 165 Å². The van der Waals surface area contributed by atoms with Crippen LogP contribution in [0.25, 0.3) is 0 Å². The highest BCUT2D eigenvalue weighted by Crippen LogP contribution is 2.30. The number of carbonyl (C=O) groups is 2. The van der Waals surface area contributed by atoms with Gasteiger partial charge in [-0.25, -0.2) is 0 Å². The molecule has 1 N–H and O–H groups in total. The number of piperidine rings is 1. The lowest BCUT2D eigenvalue weighted by atomic mass is 9.93. The third-order valence-electron chi connectivity index (χ3n) is 4.81. The molecule has 0 spiro atoms. The van der Waals surface area contributed by atoms with Gasteiger partial charge in [0, 0.05) is 25.2 Å². The van der Waals surface area contributed by atoms with Crippen molar-refractivity contribution in [1.82, 2.24) is 4.90 Å². The van der Waals surface area contributed by atoms with Crippen molar-refractivity contribution in [3.05, 3.63) is 52.2 Å². The van der Waals surface area contributed by atoms with Gasteiger partial charge < -0.3 is 10.2 Å². The topological polar surface area (TPSA) is 49.4 Å². The Balaban J connectivity index is 1.47. The number of likely N-dealkylation sites (tertiary alicyclic amines) is 1. The van der Waals surface area contributed by atoms with Gasteiger partial charge in [-0.3, -0.25) is 9.59 Å². The van der Waals surface area contributed by atoms with E-state index >= 15 is 0 Å². The van der Waals surface area contributed by atoms with E-state index in [9.17, 15) is 22.8 Å². The molecule has 28 heavy (non-hydrogen) atoms. The van der Waals surface area contributed by atoms with Gasteiger partial charge in [0.05, 0.1) is 10.4 Å². The number of thiophene rings is 1. The Hall–Kier alpha value is -2.35. The van der Waals surface area contributed by atoms with Crippen molar-refractivity contribution < 1.29 is 22.8 Å². The molecule has 0 unspecified atom stereocenters. The molecule has 1 aliphatic heterocycles. The van der Waals surface area contributed by atoms with Crippen molar-refractivity contribution in [3.63, 3.8) is 0 Å². The third-order valence-corrected chi connectivity index (χ3v) is 5.67. The maximum Gasteiger partial charge on any atom is 0.416 e. The molecule has 1 atom stereocenters. The average molecular weight is 410 g/mol. The van der Waals surface area contributed by atoms with Crippen LogP contribution in [0.1, 0.15) is 40.9 Å². The molecule has 4 nitrogen and oxygen atoms in total. The normalized spacial score (nSPS) is 17.4. The first kappa shape index (κ1) is 20.4. The Morgan fingerprint density at radius 3 is 2.57 bits per heavy atom. The third kappa shape index (κ3) is 5.34. The molecule has 1 saturated heterocycles. The lowest BCUT2D eigenvalue weighted by Gasteiger charge is -2.32. The summed E-state index contributed by atoms with van der Waals surface area (Å²) in [6, 6.07) is 8.07. The van der Waals surface area contributed by atoms with Crippen LogP contribution in [0.15, 0.2) is 41.8 Å². The van der Waals surface area contributed by atoms with E-state index in [2.05, 4.69) is 5.32 Å². The van der Waals surface area contributed by atoms with Crippen LogP contribution in [0.2, 0.25) is 0 Å². The van der Waals surface area contributed by atoms with E-state index < -0.39 is 11.7 Å². The maximum atomic E-state index is 12.6. The summed E-state index contributed by atoms with van der Waals surface area (Å²) in [5, 5.41) is 4.51. The van der Waals surface area contributed by atoms with Crippen LogP contribution < -0.4 is 5.32 Å². The standard InChI is InChI=1S/C20H21F3N2O2S/c21-20(22,23)15-6-8-16(9-7-15)24-18(26)10-5-14-3-1-11-25(13-14)19(27)17-4-2-12-28-17/h2,4,6-9,12,14H,1,3,5,10-11,13H2,(H,24,26)/t14-/m0/s1. The summed E-state index contributed by atoms with van der Waals surface area (Å²) in [7, 11) is 0. The molecule has 3 rings (SSSR count). The summed E-state index contributed by atoms with van der Waals surface area (Å²) in [6.07, 6.45) is -1.62. The van der Waals surface area contributed by atoms with Crippen LogP contribution in [-0.4, -0.2) is 29.8 Å². The minimum atomic E-state index is -4.39. The summed E-state index contributed by atoms with van der Waals surface area (Å²) < 4.78 is 37.7. The van der Waals surface area contributed by atoms with Crippen LogP contribution in [0, 0.1) is 5.92 Å². The van der Waals surface area contributed by atoms with E-state index in [1.807, 2.05) is 22.4 Å². The molecule has 2 heterocycles. The molecule has 0 saturated carbocycles. The highest BCUT2D eigenvalue weighted by Gasteiger charge is 2.30. The predicted molar refractivity (Wildman–Crippen MR) is 102 cm³/mol. The molecule has 1 aromatic carbocycles. The van der Waals surface area contributed by atoms with Crippen molar-refractivity contribution in [1.29, 1.82) is 0 Å². The number of nitrogens with one attached hydrogen (secondary N) is 1. The Morgan fingerprint density at radius 2 is 1.93 bits per heavy atom. The van der Waals surface area contributed by atoms with E-state index in [0.717, 1.165) is 36.4 Å². The number of amides is 2. The van der Waals surface area contributed by atoms with Gasteiger partial charge in [0.15, 0.2) is 0 Å². The van der Waals surface area contributed by atoms with Crippen LogP contribution in [0.3, 0.4) is 0 Å². The van der Waals surface area contributed by atoms with Gasteiger partial charge in [-0.15, -0.1) is 11.3 Å². The fourth-order valence-electron chi connectivity index (χ4n) is 3.34. The zero-order valence-corrected chi connectivity index (χ0v) is 16.0. The SMILES string of the molecule is O=C(CC[C@@H]1CCCN(C(=O)c2cccs2)C1)Nc1ccc(C(F)(F)F)cc1. The number of rotatable bonds is 5. The molecule has 8 heteroatoms. The summed E-state index contributed by atoms with van der Waals surface area (Å²) in [5.74, 6) is 0.0476. The van der Waals surface area contributed by atoms with Crippen molar-refractivity contribution >= 4 is 28.8 Å². The second kappa shape index (κ2) is 8.77. The fraction of sp³-hybridized carbons (Fsp3) is 0.400. The predicted octanol–water partition coefficient (Wildman–Crippen LogP) is 5.04. The van der Waals surface area contributed by atoms with Gasteiger partial charge >= 0.3 is 6.18 Å². The monoisotopic (exact) mass is 410 g/mol. The molecular formula is C20H21F3N2O2S. The molecule has 2 amide bonds. The number of carbonyl (C=O) groups excluding carboxylic acids is 2. The van der Waals surface area contributed by atoms with E-state index in [0.29, 0.717) is 18.7 Å². The Bertz CT molecular complexity index is 804. The van der Waals surface area contributed by atoms with Gasteiger partial charge in [-0.2, -0.15) is 13.2 Å². The van der Waals surface area contributed by atoms with Crippen molar-refractivity contribution in [2.45, 2.75) is 31.9 Å². The zero-order chi connectivity index (χ0) is 20.1. The molecule has 0 radical (unpaired) electrons. The van der Waals surface area contributed by atoms with E-state index in [1.54, 1.807) is 0 Å². The van der Waals surface area contributed by atoms with E-state index in [4.69, 9.17) is 0 Å². The van der Waals surface area contributed by atoms with Crippen LogP contribution in [-0.2, 0) is 11.0 Å². The molecule has 1 aromatic heterocycles. The summed E-state index contributed by atoms with van der Waals surface area (Å²) in [6.45, 7) is 1.36. The van der Waals surface area contributed by atoms with E-state index in [1.165, 1.54) is 23.5 Å². The lowest BCUT2D eigenvalue weighted by molar-refractivity contribution is -0.137. The molecular weight excluding hydrogens is 389 g/mol. The Kier molecular flexibility index (Phi) is 6.39. The van der Waals surface area contributed by atoms with Gasteiger partial charge in [0.2, 0.25) is 5.91 Å². The minimum absolute atomic E-state index is 0.0360. The summed E-state index contributed by atoms with van der Waals surface area (Å²) in [4.78, 5) is 27.2. The van der Waals surface area contributed by atoms with Crippen LogP contribution >= 0.6 is 11.3 Å². The first-order valence-electron chi connectivity index (χ1n) is 9.13. The largest absolute Gasteiger partial charge is 0.416 e. The van der Waals surface area contributed by atoms with Crippen molar-refractivity contribution in [2.75, 3.05) is 18.4 Å².